The topological polar surface area (TPSA) is 51.1 Å². The van der Waals surface area contributed by atoms with Crippen LogP contribution in [-0.4, -0.2) is 30.3 Å². The zero-order valence-corrected chi connectivity index (χ0v) is 18.7. The fourth-order valence-electron chi connectivity index (χ4n) is 4.27. The quantitative estimate of drug-likeness (QED) is 0.622. The van der Waals surface area contributed by atoms with Gasteiger partial charge in [0.2, 0.25) is 0 Å². The molecule has 0 radical (unpaired) electrons. The van der Waals surface area contributed by atoms with Crippen LogP contribution in [0.25, 0.3) is 6.08 Å². The molecule has 0 unspecified atom stereocenters. The number of carbonyl (C=O) groups excluding carboxylic acids is 1. The first-order valence-electron chi connectivity index (χ1n) is 10.9. The fraction of sp³-hybridized carbons (Fsp3) is 0.360. The number of benzene rings is 2. The van der Waals surface area contributed by atoms with Gasteiger partial charge in [0, 0.05) is 6.04 Å². The van der Waals surface area contributed by atoms with E-state index in [9.17, 15) is 4.79 Å². The lowest BCUT2D eigenvalue weighted by molar-refractivity contribution is -0.113. The molecule has 2 heterocycles. The summed E-state index contributed by atoms with van der Waals surface area (Å²) in [4.78, 5) is 20.9. The first-order valence-corrected chi connectivity index (χ1v) is 11.7. The third-order valence-electron chi connectivity index (χ3n) is 5.65. The minimum atomic E-state index is -0.0155. The van der Waals surface area contributed by atoms with Crippen LogP contribution in [0.4, 0.5) is 5.69 Å². The number of thioether (sulfide) groups is 1. The van der Waals surface area contributed by atoms with E-state index in [-0.39, 0.29) is 11.9 Å². The number of ether oxygens (including phenoxy) is 2. The van der Waals surface area contributed by atoms with E-state index < -0.39 is 0 Å². The second kappa shape index (κ2) is 8.42. The van der Waals surface area contributed by atoms with Crippen molar-refractivity contribution in [2.45, 2.75) is 45.6 Å². The van der Waals surface area contributed by atoms with Gasteiger partial charge in [0.25, 0.3) is 5.91 Å². The van der Waals surface area contributed by atoms with Crippen LogP contribution in [-0.2, 0) is 17.6 Å². The highest BCUT2D eigenvalue weighted by Gasteiger charge is 2.36. The summed E-state index contributed by atoms with van der Waals surface area (Å²) in [5.41, 5.74) is 4.55. The highest BCUT2D eigenvalue weighted by molar-refractivity contribution is 8.19. The molecule has 1 aliphatic carbocycles. The molecule has 6 heteroatoms. The fourth-order valence-corrected chi connectivity index (χ4v) is 5.37. The van der Waals surface area contributed by atoms with Crippen molar-refractivity contribution < 1.29 is 14.3 Å². The number of hydrogen-bond acceptors (Lipinski definition) is 5. The molecular weight excluding hydrogens is 408 g/mol. The molecule has 5 nitrogen and oxygen atoms in total. The van der Waals surface area contributed by atoms with Gasteiger partial charge < -0.3 is 9.47 Å². The van der Waals surface area contributed by atoms with E-state index in [1.165, 1.54) is 29.3 Å². The second-order valence-electron chi connectivity index (χ2n) is 8.28. The lowest BCUT2D eigenvalue weighted by Gasteiger charge is -2.24. The molecule has 0 saturated carbocycles. The van der Waals surface area contributed by atoms with Crippen LogP contribution in [0.15, 0.2) is 46.3 Å². The summed E-state index contributed by atoms with van der Waals surface area (Å²) >= 11 is 1.45. The van der Waals surface area contributed by atoms with Gasteiger partial charge in [-0.3, -0.25) is 14.7 Å². The van der Waals surface area contributed by atoms with Crippen molar-refractivity contribution in [2.75, 3.05) is 18.1 Å². The predicted octanol–water partition coefficient (Wildman–Crippen LogP) is 5.22. The van der Waals surface area contributed by atoms with Gasteiger partial charge in [-0.1, -0.05) is 18.2 Å². The summed E-state index contributed by atoms with van der Waals surface area (Å²) in [6.45, 7) is 5.18. The molecule has 5 rings (SSSR count). The normalized spacial score (nSPS) is 20.6. The summed E-state index contributed by atoms with van der Waals surface area (Å²) < 4.78 is 11.3. The average molecular weight is 435 g/mol. The largest absolute Gasteiger partial charge is 0.486 e. The summed E-state index contributed by atoms with van der Waals surface area (Å²) in [7, 11) is 0. The Kier molecular flexibility index (Phi) is 5.48. The van der Waals surface area contributed by atoms with Gasteiger partial charge in [0.1, 0.15) is 13.2 Å². The Balaban J connectivity index is 1.54. The van der Waals surface area contributed by atoms with Crippen LogP contribution in [0.2, 0.25) is 0 Å². The van der Waals surface area contributed by atoms with Crippen LogP contribution in [0.1, 0.15) is 43.4 Å². The molecule has 2 aromatic carbocycles. The number of anilines is 1. The van der Waals surface area contributed by atoms with Crippen molar-refractivity contribution in [3.8, 4) is 11.5 Å². The van der Waals surface area contributed by atoms with Crippen molar-refractivity contribution >= 4 is 34.6 Å². The SMILES string of the molecule is CC(C)N=C1S/C(=C\c2ccc3c(c2)OCCO3)C(=O)N1c1cccc2c1CCCC2. The molecule has 31 heavy (non-hydrogen) atoms. The first-order chi connectivity index (χ1) is 15.1. The highest BCUT2D eigenvalue weighted by Crippen LogP contribution is 2.40. The molecular formula is C25H26N2O3S. The van der Waals surface area contributed by atoms with Gasteiger partial charge in [-0.05, 0) is 92.3 Å². The van der Waals surface area contributed by atoms with Crippen molar-refractivity contribution in [3.05, 3.63) is 58.0 Å². The molecule has 0 bridgehead atoms. The Bertz CT molecular complexity index is 1090. The minimum Gasteiger partial charge on any atom is -0.486 e. The number of rotatable bonds is 3. The molecule has 0 aromatic heterocycles. The van der Waals surface area contributed by atoms with Crippen LogP contribution in [0.3, 0.4) is 0 Å². The second-order valence-corrected chi connectivity index (χ2v) is 9.29. The molecule has 160 valence electrons. The molecule has 0 atom stereocenters. The predicted molar refractivity (Wildman–Crippen MR) is 126 cm³/mol. The lowest BCUT2D eigenvalue weighted by atomic mass is 9.90. The molecule has 0 N–H and O–H groups in total. The smallest absolute Gasteiger partial charge is 0.271 e. The standard InChI is InChI=1S/C25H26N2O3S/c1-16(2)26-25-27(20-9-5-7-18-6-3-4-8-19(18)20)24(28)23(31-25)15-17-10-11-21-22(14-17)30-13-12-29-21/h5,7,9-11,14-16H,3-4,6,8,12-13H2,1-2H3/b23-15-,26-25?. The van der Waals surface area contributed by atoms with Gasteiger partial charge in [-0.2, -0.15) is 0 Å². The van der Waals surface area contributed by atoms with E-state index in [1.54, 1.807) is 0 Å². The number of fused-ring (bicyclic) bond motifs is 2. The highest BCUT2D eigenvalue weighted by atomic mass is 32.2. The number of amidine groups is 1. The molecule has 1 saturated heterocycles. The van der Waals surface area contributed by atoms with Gasteiger partial charge in [-0.15, -0.1) is 0 Å². The zero-order chi connectivity index (χ0) is 21.4. The summed E-state index contributed by atoms with van der Waals surface area (Å²) in [5, 5.41) is 0.753. The summed E-state index contributed by atoms with van der Waals surface area (Å²) in [5.74, 6) is 1.46. The maximum Gasteiger partial charge on any atom is 0.271 e. The van der Waals surface area contributed by atoms with Crippen molar-refractivity contribution in [1.82, 2.24) is 0 Å². The van der Waals surface area contributed by atoms with Crippen LogP contribution in [0, 0.1) is 0 Å². The Morgan fingerprint density at radius 2 is 1.87 bits per heavy atom. The molecule has 2 aromatic rings. The molecule has 2 aliphatic heterocycles. The number of amides is 1. The maximum atomic E-state index is 13.6. The van der Waals surface area contributed by atoms with E-state index >= 15 is 0 Å². The van der Waals surface area contributed by atoms with E-state index in [0.717, 1.165) is 47.2 Å². The lowest BCUT2D eigenvalue weighted by Crippen LogP contribution is -2.31. The Hall–Kier alpha value is -2.73. The van der Waals surface area contributed by atoms with Gasteiger partial charge in [-0.25, -0.2) is 0 Å². The molecule has 0 spiro atoms. The third kappa shape index (κ3) is 3.97. The van der Waals surface area contributed by atoms with E-state index in [1.807, 2.05) is 43.0 Å². The third-order valence-corrected chi connectivity index (χ3v) is 6.63. The number of carbonyl (C=O) groups is 1. The van der Waals surface area contributed by atoms with E-state index in [2.05, 4.69) is 18.2 Å². The molecule has 1 fully saturated rings. The first kappa shape index (κ1) is 20.2. The van der Waals surface area contributed by atoms with Crippen molar-refractivity contribution in [3.63, 3.8) is 0 Å². The van der Waals surface area contributed by atoms with Gasteiger partial charge >= 0.3 is 0 Å². The van der Waals surface area contributed by atoms with Crippen molar-refractivity contribution in [2.24, 2.45) is 4.99 Å². The Morgan fingerprint density at radius 3 is 2.71 bits per heavy atom. The van der Waals surface area contributed by atoms with E-state index in [4.69, 9.17) is 14.5 Å². The summed E-state index contributed by atoms with van der Waals surface area (Å²) in [6.07, 6.45) is 6.39. The maximum absolute atomic E-state index is 13.6. The van der Waals surface area contributed by atoms with Crippen molar-refractivity contribution in [1.29, 1.82) is 0 Å². The number of nitrogens with zero attached hydrogens (tertiary/aromatic N) is 2. The summed E-state index contributed by atoms with van der Waals surface area (Å²) in [6, 6.07) is 12.2. The average Bonchev–Trinajstić information content (AvgIpc) is 3.07. The van der Waals surface area contributed by atoms with E-state index in [0.29, 0.717) is 18.1 Å². The van der Waals surface area contributed by atoms with Crippen LogP contribution >= 0.6 is 11.8 Å². The zero-order valence-electron chi connectivity index (χ0n) is 17.9. The number of aliphatic imine (C=N–C) groups is 1. The Morgan fingerprint density at radius 1 is 1.06 bits per heavy atom. The minimum absolute atomic E-state index is 0.0155. The Labute approximate surface area is 187 Å². The monoisotopic (exact) mass is 434 g/mol. The van der Waals surface area contributed by atoms with Gasteiger partial charge in [0.05, 0.1) is 10.6 Å². The molecule has 1 amide bonds. The van der Waals surface area contributed by atoms with Gasteiger partial charge in [0.15, 0.2) is 16.7 Å². The van der Waals surface area contributed by atoms with Crippen LogP contribution < -0.4 is 14.4 Å². The molecule has 3 aliphatic rings. The van der Waals surface area contributed by atoms with Crippen LogP contribution in [0.5, 0.6) is 11.5 Å². The number of aryl methyl sites for hydroxylation is 1. The number of hydrogen-bond donors (Lipinski definition) is 0.